The maximum Gasteiger partial charge on any atom is 0.189 e. The molecule has 2 aromatic rings. The summed E-state index contributed by atoms with van der Waals surface area (Å²) in [5, 5.41) is 0.377. The zero-order valence-electron chi connectivity index (χ0n) is 12.0. The van der Waals surface area contributed by atoms with Crippen LogP contribution in [0.25, 0.3) is 6.08 Å². The van der Waals surface area contributed by atoms with Crippen LogP contribution in [0.5, 0.6) is 11.5 Å². The van der Waals surface area contributed by atoms with E-state index in [4.69, 9.17) is 21.1 Å². The lowest BCUT2D eigenvalue weighted by molar-refractivity contribution is 0.104. The Hall–Kier alpha value is -1.78. The molecule has 110 valence electrons. The molecule has 0 aliphatic heterocycles. The Bertz CT molecular complexity index is 689. The molecule has 0 aliphatic rings. The number of ether oxygens (including phenoxy) is 2. The lowest BCUT2D eigenvalue weighted by atomic mass is 10.1. The summed E-state index contributed by atoms with van der Waals surface area (Å²) in [6, 6.07) is 7.16. The van der Waals surface area contributed by atoms with E-state index in [2.05, 4.69) is 0 Å². The molecule has 1 aromatic heterocycles. The first-order chi connectivity index (χ1) is 10.0. The summed E-state index contributed by atoms with van der Waals surface area (Å²) >= 11 is 7.70. The van der Waals surface area contributed by atoms with Crippen LogP contribution in [0.15, 0.2) is 30.3 Å². The van der Waals surface area contributed by atoms with Crippen molar-refractivity contribution in [3.05, 3.63) is 50.7 Å². The van der Waals surface area contributed by atoms with E-state index >= 15 is 0 Å². The molecule has 21 heavy (non-hydrogen) atoms. The zero-order chi connectivity index (χ0) is 15.4. The van der Waals surface area contributed by atoms with E-state index in [1.54, 1.807) is 29.5 Å². The highest BCUT2D eigenvalue weighted by atomic mass is 35.5. The summed E-state index contributed by atoms with van der Waals surface area (Å²) in [5.41, 5.74) is 0.410. The number of hydrogen-bond donors (Lipinski definition) is 0. The lowest BCUT2D eigenvalue weighted by Crippen LogP contribution is -2.00. The van der Waals surface area contributed by atoms with Gasteiger partial charge < -0.3 is 9.47 Å². The molecule has 0 saturated heterocycles. The third-order valence-electron chi connectivity index (χ3n) is 2.90. The van der Waals surface area contributed by atoms with Crippen LogP contribution in [-0.4, -0.2) is 20.0 Å². The molecule has 0 atom stereocenters. The van der Waals surface area contributed by atoms with Gasteiger partial charge in [0.2, 0.25) is 0 Å². The number of halogens is 1. The third-order valence-corrected chi connectivity index (χ3v) is 4.16. The van der Waals surface area contributed by atoms with Crippen LogP contribution < -0.4 is 9.47 Å². The van der Waals surface area contributed by atoms with Crippen LogP contribution in [0.4, 0.5) is 0 Å². The summed E-state index contributed by atoms with van der Waals surface area (Å²) in [6.07, 6.45) is 3.31. The number of aryl methyl sites for hydroxylation is 1. The number of thiophene rings is 1. The molecule has 2 rings (SSSR count). The van der Waals surface area contributed by atoms with Crippen LogP contribution in [-0.2, 0) is 0 Å². The van der Waals surface area contributed by atoms with Gasteiger partial charge in [0.25, 0.3) is 0 Å². The quantitative estimate of drug-likeness (QED) is 0.595. The average molecular weight is 323 g/mol. The second-order valence-corrected chi connectivity index (χ2v) is 6.06. The molecule has 3 nitrogen and oxygen atoms in total. The summed E-state index contributed by atoms with van der Waals surface area (Å²) < 4.78 is 10.3. The van der Waals surface area contributed by atoms with Gasteiger partial charge in [-0.05, 0) is 37.3 Å². The van der Waals surface area contributed by atoms with Crippen molar-refractivity contribution in [1.82, 2.24) is 0 Å². The van der Waals surface area contributed by atoms with E-state index in [9.17, 15) is 4.79 Å². The van der Waals surface area contributed by atoms with Gasteiger partial charge in [-0.1, -0.05) is 11.6 Å². The monoisotopic (exact) mass is 322 g/mol. The predicted molar refractivity (Wildman–Crippen MR) is 87.0 cm³/mol. The standard InChI is InChI=1S/C16H15ClO3S/c1-10-4-5-11(21-10)6-7-14(18)12-8-13(17)16(20-3)9-15(12)19-2/h4-9H,1-3H3/b7-6+. The van der Waals surface area contributed by atoms with Crippen LogP contribution in [0.3, 0.4) is 0 Å². The molecular weight excluding hydrogens is 308 g/mol. The van der Waals surface area contributed by atoms with E-state index in [-0.39, 0.29) is 5.78 Å². The molecule has 0 saturated carbocycles. The summed E-state index contributed by atoms with van der Waals surface area (Å²) in [5.74, 6) is 0.749. The average Bonchev–Trinajstić information content (AvgIpc) is 2.90. The number of carbonyl (C=O) groups is 1. The second-order valence-electron chi connectivity index (χ2n) is 4.33. The van der Waals surface area contributed by atoms with Crippen LogP contribution in [0.2, 0.25) is 5.02 Å². The van der Waals surface area contributed by atoms with Gasteiger partial charge in [0.05, 0.1) is 24.8 Å². The largest absolute Gasteiger partial charge is 0.496 e. The van der Waals surface area contributed by atoms with E-state index < -0.39 is 0 Å². The topological polar surface area (TPSA) is 35.5 Å². The molecule has 0 fully saturated rings. The molecule has 0 unspecified atom stereocenters. The molecule has 1 heterocycles. The minimum atomic E-state index is -0.164. The molecule has 0 bridgehead atoms. The first kappa shape index (κ1) is 15.6. The van der Waals surface area contributed by atoms with Gasteiger partial charge >= 0.3 is 0 Å². The molecule has 0 spiro atoms. The van der Waals surface area contributed by atoms with Crippen LogP contribution >= 0.6 is 22.9 Å². The van der Waals surface area contributed by atoms with Crippen LogP contribution in [0.1, 0.15) is 20.1 Å². The lowest BCUT2D eigenvalue weighted by Gasteiger charge is -2.10. The highest BCUT2D eigenvalue weighted by Crippen LogP contribution is 2.33. The van der Waals surface area contributed by atoms with Gasteiger partial charge in [0.1, 0.15) is 11.5 Å². The van der Waals surface area contributed by atoms with E-state index in [1.165, 1.54) is 25.2 Å². The molecule has 0 amide bonds. The van der Waals surface area contributed by atoms with Gasteiger partial charge in [-0.3, -0.25) is 4.79 Å². The van der Waals surface area contributed by atoms with E-state index in [1.807, 2.05) is 19.1 Å². The first-order valence-corrected chi connectivity index (χ1v) is 7.45. The fraction of sp³-hybridized carbons (Fsp3) is 0.188. The van der Waals surface area contributed by atoms with Crippen molar-refractivity contribution in [3.8, 4) is 11.5 Å². The molecule has 0 radical (unpaired) electrons. The van der Waals surface area contributed by atoms with Crippen molar-refractivity contribution in [2.75, 3.05) is 14.2 Å². The number of rotatable bonds is 5. The number of hydrogen-bond acceptors (Lipinski definition) is 4. The molecular formula is C16H15ClO3S. The molecule has 0 aliphatic carbocycles. The zero-order valence-corrected chi connectivity index (χ0v) is 13.5. The van der Waals surface area contributed by atoms with Crippen molar-refractivity contribution < 1.29 is 14.3 Å². The van der Waals surface area contributed by atoms with Crippen LogP contribution in [0, 0.1) is 6.92 Å². The van der Waals surface area contributed by atoms with Crippen molar-refractivity contribution in [2.24, 2.45) is 0 Å². The number of carbonyl (C=O) groups excluding carboxylic acids is 1. The van der Waals surface area contributed by atoms with E-state index in [0.717, 1.165) is 4.88 Å². The van der Waals surface area contributed by atoms with Crippen molar-refractivity contribution in [3.63, 3.8) is 0 Å². The highest BCUT2D eigenvalue weighted by Gasteiger charge is 2.14. The van der Waals surface area contributed by atoms with Crippen molar-refractivity contribution in [2.45, 2.75) is 6.92 Å². The van der Waals surface area contributed by atoms with Gasteiger partial charge in [-0.25, -0.2) is 0 Å². The number of allylic oxidation sites excluding steroid dienone is 1. The number of methoxy groups -OCH3 is 2. The fourth-order valence-corrected chi connectivity index (χ4v) is 2.86. The Morgan fingerprint density at radius 3 is 2.48 bits per heavy atom. The number of benzene rings is 1. The molecule has 0 N–H and O–H groups in total. The normalized spacial score (nSPS) is 10.9. The fourth-order valence-electron chi connectivity index (χ4n) is 1.84. The maximum atomic E-state index is 12.3. The molecule has 1 aromatic carbocycles. The van der Waals surface area contributed by atoms with Gasteiger partial charge in [0, 0.05) is 15.8 Å². The maximum absolute atomic E-state index is 12.3. The SMILES string of the molecule is COc1cc(OC)c(C(=O)/C=C/c2ccc(C)s2)cc1Cl. The third kappa shape index (κ3) is 3.65. The molecule has 5 heteroatoms. The van der Waals surface area contributed by atoms with Crippen molar-refractivity contribution in [1.29, 1.82) is 0 Å². The predicted octanol–water partition coefficient (Wildman–Crippen LogP) is 4.62. The summed E-state index contributed by atoms with van der Waals surface area (Å²) in [4.78, 5) is 14.5. The highest BCUT2D eigenvalue weighted by molar-refractivity contribution is 7.12. The van der Waals surface area contributed by atoms with E-state index in [0.29, 0.717) is 22.1 Å². The Balaban J connectivity index is 2.30. The Morgan fingerprint density at radius 1 is 1.19 bits per heavy atom. The Morgan fingerprint density at radius 2 is 1.90 bits per heavy atom. The second kappa shape index (κ2) is 6.78. The smallest absolute Gasteiger partial charge is 0.189 e. The summed E-state index contributed by atoms with van der Waals surface area (Å²) in [7, 11) is 3.02. The van der Waals surface area contributed by atoms with Crippen molar-refractivity contribution >= 4 is 34.8 Å². The van der Waals surface area contributed by atoms with Gasteiger partial charge in [-0.2, -0.15) is 0 Å². The first-order valence-electron chi connectivity index (χ1n) is 6.25. The minimum Gasteiger partial charge on any atom is -0.496 e. The van der Waals surface area contributed by atoms with Gasteiger partial charge in [-0.15, -0.1) is 11.3 Å². The number of ketones is 1. The summed E-state index contributed by atoms with van der Waals surface area (Å²) in [6.45, 7) is 2.02. The Kier molecular flexibility index (Phi) is 5.04. The minimum absolute atomic E-state index is 0.164. The Labute approximate surface area is 132 Å². The van der Waals surface area contributed by atoms with Gasteiger partial charge in [0.15, 0.2) is 5.78 Å².